The van der Waals surface area contributed by atoms with Gasteiger partial charge in [-0.3, -0.25) is 4.79 Å². The van der Waals surface area contributed by atoms with Gasteiger partial charge in [-0.2, -0.15) is 0 Å². The molecule has 5 heteroatoms. The maximum absolute atomic E-state index is 11.6. The van der Waals surface area contributed by atoms with E-state index in [2.05, 4.69) is 10.1 Å². The fraction of sp³-hybridized carbons (Fsp3) is 0.385. The molecule has 0 spiro atoms. The molecule has 0 aliphatic heterocycles. The number of amides is 1. The molecule has 0 radical (unpaired) electrons. The molecule has 1 unspecified atom stereocenters. The molecule has 0 aliphatic rings. The van der Waals surface area contributed by atoms with Gasteiger partial charge in [-0.05, 0) is 17.7 Å². The molecule has 2 N–H and O–H groups in total. The molecule has 0 aromatic heterocycles. The first-order valence-electron chi connectivity index (χ1n) is 5.72. The van der Waals surface area contributed by atoms with Crippen LogP contribution in [0.15, 0.2) is 24.3 Å². The van der Waals surface area contributed by atoms with Crippen LogP contribution < -0.4 is 5.32 Å². The normalized spacial score (nSPS) is 11.7. The molecular weight excluding hydrogens is 234 g/mol. The van der Waals surface area contributed by atoms with Crippen LogP contribution in [-0.4, -0.2) is 30.1 Å². The van der Waals surface area contributed by atoms with Crippen LogP contribution in [0.5, 0.6) is 5.75 Å². The Morgan fingerprint density at radius 2 is 2.17 bits per heavy atom. The zero-order valence-corrected chi connectivity index (χ0v) is 10.5. The fourth-order valence-electron chi connectivity index (χ4n) is 1.55. The molecule has 0 heterocycles. The van der Waals surface area contributed by atoms with E-state index in [-0.39, 0.29) is 18.1 Å². The van der Waals surface area contributed by atoms with Crippen molar-refractivity contribution in [3.63, 3.8) is 0 Å². The minimum atomic E-state index is -0.732. The third-order valence-electron chi connectivity index (χ3n) is 2.49. The Morgan fingerprint density at radius 3 is 2.72 bits per heavy atom. The fourth-order valence-corrected chi connectivity index (χ4v) is 1.55. The minimum Gasteiger partial charge on any atom is -0.508 e. The number of esters is 1. The number of nitrogens with one attached hydrogen (secondary N) is 1. The lowest BCUT2D eigenvalue weighted by Crippen LogP contribution is -2.42. The third kappa shape index (κ3) is 4.08. The molecule has 5 nitrogen and oxygen atoms in total. The average Bonchev–Trinajstić information content (AvgIpc) is 2.36. The molecule has 0 bridgehead atoms. The maximum Gasteiger partial charge on any atom is 0.328 e. The van der Waals surface area contributed by atoms with Gasteiger partial charge < -0.3 is 15.2 Å². The number of hydrogen-bond donors (Lipinski definition) is 2. The van der Waals surface area contributed by atoms with Crippen molar-refractivity contribution >= 4 is 11.9 Å². The van der Waals surface area contributed by atoms with Crippen molar-refractivity contribution in [3.05, 3.63) is 29.8 Å². The molecule has 1 atom stereocenters. The number of benzene rings is 1. The molecule has 1 rings (SSSR count). The van der Waals surface area contributed by atoms with Crippen LogP contribution in [0.4, 0.5) is 0 Å². The van der Waals surface area contributed by atoms with Gasteiger partial charge >= 0.3 is 5.97 Å². The predicted molar refractivity (Wildman–Crippen MR) is 66.0 cm³/mol. The molecule has 0 fully saturated rings. The summed E-state index contributed by atoms with van der Waals surface area (Å²) in [5.74, 6) is -0.594. The number of carbonyl (C=O) groups is 2. The first-order chi connectivity index (χ1) is 8.56. The Balaban J connectivity index is 2.78. The zero-order chi connectivity index (χ0) is 13.5. The Labute approximate surface area is 106 Å². The van der Waals surface area contributed by atoms with E-state index in [4.69, 9.17) is 0 Å². The summed E-state index contributed by atoms with van der Waals surface area (Å²) >= 11 is 0. The van der Waals surface area contributed by atoms with E-state index in [1.54, 1.807) is 31.2 Å². The van der Waals surface area contributed by atoms with E-state index in [0.29, 0.717) is 6.42 Å². The summed E-state index contributed by atoms with van der Waals surface area (Å²) in [4.78, 5) is 22.9. The summed E-state index contributed by atoms with van der Waals surface area (Å²) in [6.45, 7) is 1.71. The number of rotatable bonds is 5. The molecule has 0 saturated heterocycles. The van der Waals surface area contributed by atoms with E-state index in [9.17, 15) is 14.7 Å². The highest BCUT2D eigenvalue weighted by Gasteiger charge is 2.21. The predicted octanol–water partition coefficient (Wildman–Crippen LogP) is 1.00. The number of methoxy groups -OCH3 is 1. The number of aromatic hydroxyl groups is 1. The van der Waals surface area contributed by atoms with Crippen molar-refractivity contribution in [2.45, 2.75) is 25.8 Å². The second-order valence-corrected chi connectivity index (χ2v) is 3.87. The Bertz CT molecular complexity index is 431. The Morgan fingerprint density at radius 1 is 1.44 bits per heavy atom. The number of phenolic OH excluding ortho intramolecular Hbond substituents is 1. The lowest BCUT2D eigenvalue weighted by molar-refractivity contribution is -0.145. The molecule has 1 amide bonds. The SMILES string of the molecule is CCC(=O)NC(Cc1cccc(O)c1)C(=O)OC. The van der Waals surface area contributed by atoms with Crippen molar-refractivity contribution in [2.24, 2.45) is 0 Å². The van der Waals surface area contributed by atoms with Crippen LogP contribution in [0.25, 0.3) is 0 Å². The number of ether oxygens (including phenoxy) is 1. The topological polar surface area (TPSA) is 75.6 Å². The van der Waals surface area contributed by atoms with Crippen molar-refractivity contribution in [2.75, 3.05) is 7.11 Å². The van der Waals surface area contributed by atoms with Crippen LogP contribution >= 0.6 is 0 Å². The van der Waals surface area contributed by atoms with Gasteiger partial charge in [0.15, 0.2) is 0 Å². The monoisotopic (exact) mass is 251 g/mol. The van der Waals surface area contributed by atoms with Crippen LogP contribution in [0.2, 0.25) is 0 Å². The molecule has 18 heavy (non-hydrogen) atoms. The van der Waals surface area contributed by atoms with E-state index < -0.39 is 12.0 Å². The van der Waals surface area contributed by atoms with Crippen molar-refractivity contribution in [1.82, 2.24) is 5.32 Å². The molecule has 0 saturated carbocycles. The lowest BCUT2D eigenvalue weighted by atomic mass is 10.1. The second-order valence-electron chi connectivity index (χ2n) is 3.87. The maximum atomic E-state index is 11.6. The second kappa shape index (κ2) is 6.64. The first-order valence-corrected chi connectivity index (χ1v) is 5.72. The summed E-state index contributed by atoms with van der Waals surface area (Å²) in [6, 6.07) is 5.81. The van der Waals surface area contributed by atoms with Gasteiger partial charge in [0.1, 0.15) is 11.8 Å². The summed E-state index contributed by atoms with van der Waals surface area (Å²) in [5.41, 5.74) is 0.752. The number of carbonyl (C=O) groups excluding carboxylic acids is 2. The number of hydrogen-bond acceptors (Lipinski definition) is 4. The van der Waals surface area contributed by atoms with E-state index in [1.165, 1.54) is 7.11 Å². The Hall–Kier alpha value is -2.04. The molecule has 98 valence electrons. The quantitative estimate of drug-likeness (QED) is 0.766. The van der Waals surface area contributed by atoms with Crippen LogP contribution in [-0.2, 0) is 20.7 Å². The average molecular weight is 251 g/mol. The van der Waals surface area contributed by atoms with Gasteiger partial charge in [-0.15, -0.1) is 0 Å². The summed E-state index contributed by atoms with van der Waals surface area (Å²) in [7, 11) is 1.27. The highest BCUT2D eigenvalue weighted by molar-refractivity contribution is 5.84. The van der Waals surface area contributed by atoms with E-state index >= 15 is 0 Å². The van der Waals surface area contributed by atoms with Crippen molar-refractivity contribution in [1.29, 1.82) is 0 Å². The van der Waals surface area contributed by atoms with E-state index in [1.807, 2.05) is 0 Å². The van der Waals surface area contributed by atoms with Gasteiger partial charge in [-0.25, -0.2) is 4.79 Å². The largest absolute Gasteiger partial charge is 0.508 e. The van der Waals surface area contributed by atoms with Crippen LogP contribution in [0.3, 0.4) is 0 Å². The van der Waals surface area contributed by atoms with Gasteiger partial charge in [0.05, 0.1) is 7.11 Å². The first kappa shape index (κ1) is 14.0. The molecular formula is C13H17NO4. The summed E-state index contributed by atoms with van der Waals surface area (Å²) < 4.78 is 4.64. The third-order valence-corrected chi connectivity index (χ3v) is 2.49. The summed E-state index contributed by atoms with van der Waals surface area (Å²) in [5, 5.41) is 11.9. The molecule has 1 aromatic rings. The van der Waals surface area contributed by atoms with Gasteiger partial charge in [-0.1, -0.05) is 19.1 Å². The van der Waals surface area contributed by atoms with Gasteiger partial charge in [0.2, 0.25) is 5.91 Å². The van der Waals surface area contributed by atoms with Crippen LogP contribution in [0, 0.1) is 0 Å². The standard InChI is InChI=1S/C13H17NO4/c1-3-12(16)14-11(13(17)18-2)8-9-5-4-6-10(15)7-9/h4-7,11,15H,3,8H2,1-2H3,(H,14,16). The summed E-state index contributed by atoms with van der Waals surface area (Å²) in [6.07, 6.45) is 0.584. The smallest absolute Gasteiger partial charge is 0.328 e. The van der Waals surface area contributed by atoms with Gasteiger partial charge in [0.25, 0.3) is 0 Å². The number of phenols is 1. The van der Waals surface area contributed by atoms with Crippen molar-refractivity contribution < 1.29 is 19.4 Å². The zero-order valence-electron chi connectivity index (χ0n) is 10.5. The minimum absolute atomic E-state index is 0.123. The molecule has 0 aliphatic carbocycles. The Kier molecular flexibility index (Phi) is 5.17. The molecule has 1 aromatic carbocycles. The van der Waals surface area contributed by atoms with Crippen molar-refractivity contribution in [3.8, 4) is 5.75 Å². The highest BCUT2D eigenvalue weighted by Crippen LogP contribution is 2.13. The van der Waals surface area contributed by atoms with Crippen LogP contribution in [0.1, 0.15) is 18.9 Å². The highest BCUT2D eigenvalue weighted by atomic mass is 16.5. The lowest BCUT2D eigenvalue weighted by Gasteiger charge is -2.16. The van der Waals surface area contributed by atoms with Gasteiger partial charge in [0, 0.05) is 12.8 Å². The van der Waals surface area contributed by atoms with E-state index in [0.717, 1.165) is 5.56 Å².